The fourth-order valence-electron chi connectivity index (χ4n) is 2.93. The molecule has 0 radical (unpaired) electrons. The number of nitrogens with zero attached hydrogens (tertiary/aromatic N) is 1. The summed E-state index contributed by atoms with van der Waals surface area (Å²) in [6.45, 7) is 5.54. The summed E-state index contributed by atoms with van der Waals surface area (Å²) in [7, 11) is 0. The second-order valence-corrected chi connectivity index (χ2v) is 5.19. The van der Waals surface area contributed by atoms with Crippen molar-refractivity contribution in [2.45, 2.75) is 19.9 Å². The summed E-state index contributed by atoms with van der Waals surface area (Å²) in [5, 5.41) is 10.2. The largest absolute Gasteiger partial charge is 0.478 e. The Morgan fingerprint density at radius 3 is 2.68 bits per heavy atom. The third kappa shape index (κ3) is 1.75. The number of ether oxygens (including phenoxy) is 1. The first kappa shape index (κ1) is 12.2. The van der Waals surface area contributed by atoms with Gasteiger partial charge < -0.3 is 14.4 Å². The Bertz CT molecular complexity index is 640. The predicted molar refractivity (Wildman–Crippen MR) is 72.7 cm³/mol. The van der Waals surface area contributed by atoms with Crippen molar-refractivity contribution in [3.8, 4) is 0 Å². The lowest BCUT2D eigenvalue weighted by molar-refractivity contribution is -0.0531. The minimum atomic E-state index is -0.857. The molecule has 2 heterocycles. The van der Waals surface area contributed by atoms with Crippen LogP contribution in [-0.2, 0) is 4.74 Å². The summed E-state index contributed by atoms with van der Waals surface area (Å²) in [5.41, 5.74) is 2.24. The lowest BCUT2D eigenvalue weighted by Crippen LogP contribution is -2.34. The molecule has 4 nitrogen and oxygen atoms in total. The second-order valence-electron chi connectivity index (χ2n) is 5.19. The van der Waals surface area contributed by atoms with Crippen LogP contribution in [0.25, 0.3) is 10.9 Å². The monoisotopic (exact) mass is 259 g/mol. The molecule has 1 unspecified atom stereocenters. The van der Waals surface area contributed by atoms with Gasteiger partial charge in [0.05, 0.1) is 18.8 Å². The topological polar surface area (TPSA) is 51.5 Å². The lowest BCUT2D eigenvalue weighted by atomic mass is 9.99. The van der Waals surface area contributed by atoms with Crippen molar-refractivity contribution in [2.75, 3.05) is 13.2 Å². The maximum atomic E-state index is 11.5. The highest BCUT2D eigenvalue weighted by Gasteiger charge is 2.30. The fraction of sp³-hybridized carbons (Fsp3) is 0.400. The van der Waals surface area contributed by atoms with Gasteiger partial charge in [-0.15, -0.1) is 0 Å². The van der Waals surface area contributed by atoms with Gasteiger partial charge >= 0.3 is 5.97 Å². The smallest absolute Gasteiger partial charge is 0.338 e. The van der Waals surface area contributed by atoms with Crippen LogP contribution in [0, 0.1) is 12.8 Å². The number of carbonyl (C=O) groups is 1. The zero-order chi connectivity index (χ0) is 13.6. The molecule has 1 aliphatic rings. The number of aromatic carboxylic acids is 1. The van der Waals surface area contributed by atoms with E-state index in [2.05, 4.69) is 11.5 Å². The summed E-state index contributed by atoms with van der Waals surface area (Å²) >= 11 is 0. The summed E-state index contributed by atoms with van der Waals surface area (Å²) in [6, 6.07) is 7.97. The van der Waals surface area contributed by atoms with Gasteiger partial charge in [0.25, 0.3) is 0 Å². The molecule has 1 aliphatic heterocycles. The maximum Gasteiger partial charge on any atom is 0.338 e. The molecular formula is C15H17NO3. The lowest BCUT2D eigenvalue weighted by Gasteiger charge is -2.33. The zero-order valence-electron chi connectivity index (χ0n) is 11.1. The van der Waals surface area contributed by atoms with Crippen LogP contribution in [0.15, 0.2) is 24.3 Å². The first-order valence-electron chi connectivity index (χ1n) is 6.52. The molecule has 0 amide bonds. The van der Waals surface area contributed by atoms with Gasteiger partial charge in [-0.1, -0.05) is 18.2 Å². The summed E-state index contributed by atoms with van der Waals surface area (Å²) in [6.07, 6.45) is 0. The van der Waals surface area contributed by atoms with Crippen LogP contribution in [-0.4, -0.2) is 28.9 Å². The molecule has 100 valence electrons. The number of fused-ring (bicyclic) bond motifs is 1. The quantitative estimate of drug-likeness (QED) is 0.922. The Labute approximate surface area is 111 Å². The van der Waals surface area contributed by atoms with Crippen molar-refractivity contribution >= 4 is 16.9 Å². The molecule has 1 aromatic carbocycles. The number of benzene rings is 1. The highest BCUT2D eigenvalue weighted by molar-refractivity contribution is 6.05. The van der Waals surface area contributed by atoms with Crippen LogP contribution >= 0.6 is 0 Å². The van der Waals surface area contributed by atoms with E-state index in [0.717, 1.165) is 29.8 Å². The van der Waals surface area contributed by atoms with Crippen LogP contribution in [0.1, 0.15) is 29.0 Å². The standard InChI is InChI=1S/C15H17NO3/c1-9(11-7-19-8-11)16-10(2)14(15(17)18)12-5-3-4-6-13(12)16/h3-6,9,11H,7-8H2,1-2H3,(H,17,18). The number of carboxylic acids is 1. The summed E-state index contributed by atoms with van der Waals surface area (Å²) in [5.74, 6) is -0.388. The van der Waals surface area contributed by atoms with Crippen molar-refractivity contribution in [1.82, 2.24) is 4.57 Å². The van der Waals surface area contributed by atoms with Crippen LogP contribution in [0.5, 0.6) is 0 Å². The van der Waals surface area contributed by atoms with Crippen molar-refractivity contribution in [3.63, 3.8) is 0 Å². The molecule has 2 aromatic rings. The Balaban J connectivity index is 2.23. The van der Waals surface area contributed by atoms with Crippen LogP contribution in [0.2, 0.25) is 0 Å². The highest BCUT2D eigenvalue weighted by Crippen LogP contribution is 2.34. The van der Waals surface area contributed by atoms with Crippen molar-refractivity contribution in [1.29, 1.82) is 0 Å². The molecule has 1 fully saturated rings. The van der Waals surface area contributed by atoms with E-state index < -0.39 is 5.97 Å². The number of hydrogen-bond donors (Lipinski definition) is 1. The molecule has 1 N–H and O–H groups in total. The fourth-order valence-corrected chi connectivity index (χ4v) is 2.93. The van der Waals surface area contributed by atoms with E-state index in [1.165, 1.54) is 0 Å². The van der Waals surface area contributed by atoms with Crippen molar-refractivity contribution < 1.29 is 14.6 Å². The molecule has 4 heteroatoms. The van der Waals surface area contributed by atoms with E-state index >= 15 is 0 Å². The summed E-state index contributed by atoms with van der Waals surface area (Å²) < 4.78 is 7.40. The molecule has 0 bridgehead atoms. The minimum Gasteiger partial charge on any atom is -0.478 e. The molecule has 1 aromatic heterocycles. The third-order valence-corrected chi connectivity index (χ3v) is 4.12. The molecule has 3 rings (SSSR count). The molecule has 19 heavy (non-hydrogen) atoms. The van der Waals surface area contributed by atoms with Gasteiger partial charge in [-0.25, -0.2) is 4.79 Å². The van der Waals surface area contributed by atoms with E-state index in [1.807, 2.05) is 31.2 Å². The molecule has 1 saturated heterocycles. The van der Waals surface area contributed by atoms with E-state index in [1.54, 1.807) is 0 Å². The Kier molecular flexibility index (Phi) is 2.82. The Morgan fingerprint density at radius 1 is 1.42 bits per heavy atom. The summed E-state index contributed by atoms with van der Waals surface area (Å²) in [4.78, 5) is 11.5. The molecule has 0 saturated carbocycles. The van der Waals surface area contributed by atoms with E-state index in [0.29, 0.717) is 11.5 Å². The Hall–Kier alpha value is -1.81. The predicted octanol–water partition coefficient (Wildman–Crippen LogP) is 2.86. The van der Waals surface area contributed by atoms with E-state index in [4.69, 9.17) is 4.74 Å². The zero-order valence-corrected chi connectivity index (χ0v) is 11.1. The first-order valence-corrected chi connectivity index (χ1v) is 6.52. The number of carboxylic acid groups (broad SMARTS) is 1. The van der Waals surface area contributed by atoms with E-state index in [9.17, 15) is 9.90 Å². The van der Waals surface area contributed by atoms with Gasteiger partial charge in [0.15, 0.2) is 0 Å². The van der Waals surface area contributed by atoms with Gasteiger partial charge in [0.1, 0.15) is 0 Å². The van der Waals surface area contributed by atoms with Crippen molar-refractivity contribution in [2.24, 2.45) is 5.92 Å². The Morgan fingerprint density at radius 2 is 2.11 bits per heavy atom. The second kappa shape index (κ2) is 4.38. The molecule has 0 spiro atoms. The number of rotatable bonds is 3. The average Bonchev–Trinajstić information content (AvgIpc) is 2.58. The third-order valence-electron chi connectivity index (χ3n) is 4.12. The number of para-hydroxylation sites is 1. The van der Waals surface area contributed by atoms with Gasteiger partial charge in [0.2, 0.25) is 0 Å². The normalized spacial score (nSPS) is 17.4. The van der Waals surface area contributed by atoms with Crippen LogP contribution in [0.3, 0.4) is 0 Å². The van der Waals surface area contributed by atoms with Crippen molar-refractivity contribution in [3.05, 3.63) is 35.5 Å². The number of aromatic nitrogens is 1. The molecule has 1 atom stereocenters. The minimum absolute atomic E-state index is 0.256. The van der Waals surface area contributed by atoms with Crippen LogP contribution < -0.4 is 0 Å². The first-order chi connectivity index (χ1) is 9.11. The molecule has 0 aliphatic carbocycles. The van der Waals surface area contributed by atoms with E-state index in [-0.39, 0.29) is 6.04 Å². The van der Waals surface area contributed by atoms with Gasteiger partial charge in [-0.2, -0.15) is 0 Å². The SMILES string of the molecule is Cc1c(C(=O)O)c2ccccc2n1C(C)C1COC1. The molecular weight excluding hydrogens is 242 g/mol. The van der Waals surface area contributed by atoms with Gasteiger partial charge in [-0.05, 0) is 19.9 Å². The average molecular weight is 259 g/mol. The maximum absolute atomic E-state index is 11.5. The van der Waals surface area contributed by atoms with Crippen LogP contribution in [0.4, 0.5) is 0 Å². The highest BCUT2D eigenvalue weighted by atomic mass is 16.5. The van der Waals surface area contributed by atoms with Gasteiger partial charge in [-0.3, -0.25) is 0 Å². The van der Waals surface area contributed by atoms with Gasteiger partial charge in [0, 0.05) is 28.6 Å². The number of hydrogen-bond acceptors (Lipinski definition) is 2.